The highest BCUT2D eigenvalue weighted by Gasteiger charge is 2.05. The molecule has 0 amide bonds. The van der Waals surface area contributed by atoms with Crippen LogP contribution in [0.5, 0.6) is 5.75 Å². The molecule has 0 saturated heterocycles. The number of hydrogen-bond donors (Lipinski definition) is 1. The zero-order valence-electron chi connectivity index (χ0n) is 11.4. The fraction of sp³-hybridized carbons (Fsp3) is 0.500. The number of halogens is 1. The van der Waals surface area contributed by atoms with Gasteiger partial charge in [0, 0.05) is 18.5 Å². The Labute approximate surface area is 112 Å². The van der Waals surface area contributed by atoms with E-state index in [1.807, 2.05) is 0 Å². The van der Waals surface area contributed by atoms with Crippen molar-refractivity contribution in [2.24, 2.45) is 0 Å². The second-order valence-corrected chi connectivity index (χ2v) is 4.04. The smallest absolute Gasteiger partial charge is 0.305 e. The Morgan fingerprint density at radius 1 is 1.42 bits per heavy atom. The van der Waals surface area contributed by atoms with Gasteiger partial charge in [0.15, 0.2) is 0 Å². The summed E-state index contributed by atoms with van der Waals surface area (Å²) in [6.07, 6.45) is 1.08. The quantitative estimate of drug-likeness (QED) is 0.581. The van der Waals surface area contributed by atoms with Crippen molar-refractivity contribution in [3.8, 4) is 5.75 Å². The lowest BCUT2D eigenvalue weighted by Crippen LogP contribution is -2.17. The van der Waals surface area contributed by atoms with Crippen molar-refractivity contribution in [3.63, 3.8) is 0 Å². The van der Waals surface area contributed by atoms with Gasteiger partial charge >= 0.3 is 5.97 Å². The van der Waals surface area contributed by atoms with E-state index in [9.17, 15) is 9.18 Å². The largest absolute Gasteiger partial charge is 0.496 e. The number of carbonyl (C=O) groups is 1. The highest BCUT2D eigenvalue weighted by atomic mass is 19.1. The molecule has 0 aromatic heterocycles. The first-order valence-corrected chi connectivity index (χ1v) is 6.36. The van der Waals surface area contributed by atoms with Crippen LogP contribution in [0, 0.1) is 5.82 Å². The number of methoxy groups -OCH3 is 1. The maximum Gasteiger partial charge on any atom is 0.305 e. The van der Waals surface area contributed by atoms with Crippen molar-refractivity contribution >= 4 is 5.97 Å². The van der Waals surface area contributed by atoms with Crippen LogP contribution >= 0.6 is 0 Å². The van der Waals surface area contributed by atoms with Crippen LogP contribution in [0.15, 0.2) is 18.2 Å². The maximum atomic E-state index is 13.1. The average molecular weight is 269 g/mol. The van der Waals surface area contributed by atoms with Gasteiger partial charge in [-0.25, -0.2) is 4.39 Å². The van der Waals surface area contributed by atoms with Gasteiger partial charge in [0.25, 0.3) is 0 Å². The highest BCUT2D eigenvalue weighted by molar-refractivity contribution is 5.69. The van der Waals surface area contributed by atoms with Crippen molar-refractivity contribution in [1.82, 2.24) is 5.32 Å². The predicted octanol–water partition coefficient (Wildman–Crippen LogP) is 2.27. The topological polar surface area (TPSA) is 47.6 Å². The van der Waals surface area contributed by atoms with Crippen molar-refractivity contribution in [1.29, 1.82) is 0 Å². The Morgan fingerprint density at radius 2 is 2.21 bits per heavy atom. The lowest BCUT2D eigenvalue weighted by molar-refractivity contribution is -0.143. The van der Waals surface area contributed by atoms with Crippen molar-refractivity contribution in [3.05, 3.63) is 29.6 Å². The third-order valence-electron chi connectivity index (χ3n) is 2.60. The molecule has 5 heteroatoms. The molecule has 0 atom stereocenters. The van der Waals surface area contributed by atoms with Gasteiger partial charge in [0.05, 0.1) is 13.7 Å². The van der Waals surface area contributed by atoms with E-state index in [1.54, 1.807) is 20.1 Å². The molecular weight excluding hydrogens is 249 g/mol. The van der Waals surface area contributed by atoms with Gasteiger partial charge in [0.1, 0.15) is 11.6 Å². The number of rotatable bonds is 8. The van der Waals surface area contributed by atoms with E-state index in [-0.39, 0.29) is 11.8 Å². The van der Waals surface area contributed by atoms with Crippen LogP contribution < -0.4 is 10.1 Å². The van der Waals surface area contributed by atoms with E-state index in [1.165, 1.54) is 12.1 Å². The van der Waals surface area contributed by atoms with Gasteiger partial charge in [-0.2, -0.15) is 0 Å². The zero-order chi connectivity index (χ0) is 14.1. The molecule has 4 nitrogen and oxygen atoms in total. The summed E-state index contributed by atoms with van der Waals surface area (Å²) in [7, 11) is 1.55. The number of ether oxygens (including phenoxy) is 2. The molecule has 1 aromatic carbocycles. The fourth-order valence-corrected chi connectivity index (χ4v) is 1.70. The van der Waals surface area contributed by atoms with Crippen LogP contribution in [0.2, 0.25) is 0 Å². The lowest BCUT2D eigenvalue weighted by atomic mass is 10.2. The standard InChI is InChI=1S/C14H20FNO3/c1-3-19-14(17)5-4-8-16-10-11-9-12(15)6-7-13(11)18-2/h6-7,9,16H,3-5,8,10H2,1-2H3. The number of benzene rings is 1. The molecule has 0 fully saturated rings. The first-order valence-electron chi connectivity index (χ1n) is 6.36. The van der Waals surface area contributed by atoms with Crippen molar-refractivity contribution in [2.45, 2.75) is 26.3 Å². The van der Waals surface area contributed by atoms with E-state index < -0.39 is 0 Å². The molecule has 0 aliphatic rings. The summed E-state index contributed by atoms with van der Waals surface area (Å²) in [6.45, 7) is 3.36. The molecule has 1 N–H and O–H groups in total. The van der Waals surface area contributed by atoms with Gasteiger partial charge < -0.3 is 14.8 Å². The van der Waals surface area contributed by atoms with Gasteiger partial charge in [0.2, 0.25) is 0 Å². The van der Waals surface area contributed by atoms with E-state index in [0.717, 1.165) is 5.56 Å². The number of hydrogen-bond acceptors (Lipinski definition) is 4. The number of carbonyl (C=O) groups excluding carboxylic acids is 1. The molecule has 0 bridgehead atoms. The minimum absolute atomic E-state index is 0.187. The predicted molar refractivity (Wildman–Crippen MR) is 70.5 cm³/mol. The van der Waals surface area contributed by atoms with Crippen LogP contribution in [0.4, 0.5) is 4.39 Å². The third kappa shape index (κ3) is 5.70. The molecule has 0 saturated carbocycles. The second-order valence-electron chi connectivity index (χ2n) is 4.04. The third-order valence-corrected chi connectivity index (χ3v) is 2.60. The highest BCUT2D eigenvalue weighted by Crippen LogP contribution is 2.18. The minimum Gasteiger partial charge on any atom is -0.496 e. The maximum absolute atomic E-state index is 13.1. The summed E-state index contributed by atoms with van der Waals surface area (Å²) in [6, 6.07) is 4.41. The van der Waals surface area contributed by atoms with Crippen LogP contribution in [-0.2, 0) is 16.1 Å². The SMILES string of the molecule is CCOC(=O)CCCNCc1cc(F)ccc1OC. The Balaban J connectivity index is 2.29. The molecule has 0 spiro atoms. The zero-order valence-corrected chi connectivity index (χ0v) is 11.4. The molecule has 0 radical (unpaired) electrons. The average Bonchev–Trinajstić information content (AvgIpc) is 2.39. The second kappa shape index (κ2) is 8.48. The monoisotopic (exact) mass is 269 g/mol. The molecule has 0 heterocycles. The minimum atomic E-state index is -0.288. The fourth-order valence-electron chi connectivity index (χ4n) is 1.70. The van der Waals surface area contributed by atoms with Crippen LogP contribution in [-0.4, -0.2) is 26.2 Å². The Hall–Kier alpha value is -1.62. The van der Waals surface area contributed by atoms with Crippen LogP contribution in [0.1, 0.15) is 25.3 Å². The first-order chi connectivity index (χ1) is 9.17. The van der Waals surface area contributed by atoms with E-state index in [0.29, 0.717) is 38.3 Å². The van der Waals surface area contributed by atoms with Crippen LogP contribution in [0.3, 0.4) is 0 Å². The van der Waals surface area contributed by atoms with E-state index in [2.05, 4.69) is 5.32 Å². The summed E-state index contributed by atoms with van der Waals surface area (Å²) in [4.78, 5) is 11.1. The lowest BCUT2D eigenvalue weighted by Gasteiger charge is -2.09. The molecule has 106 valence electrons. The summed E-state index contributed by atoms with van der Waals surface area (Å²) < 4.78 is 23.1. The first kappa shape index (κ1) is 15.4. The Morgan fingerprint density at radius 3 is 2.89 bits per heavy atom. The van der Waals surface area contributed by atoms with E-state index in [4.69, 9.17) is 9.47 Å². The molecule has 0 unspecified atom stereocenters. The van der Waals surface area contributed by atoms with Gasteiger partial charge in [-0.3, -0.25) is 4.79 Å². The van der Waals surface area contributed by atoms with Crippen LogP contribution in [0.25, 0.3) is 0 Å². The Bertz CT molecular complexity index is 410. The van der Waals surface area contributed by atoms with Crippen molar-refractivity contribution in [2.75, 3.05) is 20.3 Å². The summed E-state index contributed by atoms with van der Waals surface area (Å²) in [5.74, 6) is 0.177. The number of nitrogens with one attached hydrogen (secondary N) is 1. The molecule has 1 rings (SSSR count). The number of esters is 1. The summed E-state index contributed by atoms with van der Waals surface area (Å²) in [5, 5.41) is 3.15. The summed E-state index contributed by atoms with van der Waals surface area (Å²) >= 11 is 0. The Kier molecular flexibility index (Phi) is 6.89. The molecule has 19 heavy (non-hydrogen) atoms. The molecule has 1 aromatic rings. The molecule has 0 aliphatic heterocycles. The van der Waals surface area contributed by atoms with Gasteiger partial charge in [-0.1, -0.05) is 0 Å². The molecule has 0 aliphatic carbocycles. The normalized spacial score (nSPS) is 10.3. The van der Waals surface area contributed by atoms with Gasteiger partial charge in [-0.05, 0) is 38.1 Å². The van der Waals surface area contributed by atoms with Crippen molar-refractivity contribution < 1.29 is 18.7 Å². The van der Waals surface area contributed by atoms with Gasteiger partial charge in [-0.15, -0.1) is 0 Å². The molecular formula is C14H20FNO3. The van der Waals surface area contributed by atoms with E-state index >= 15 is 0 Å². The summed E-state index contributed by atoms with van der Waals surface area (Å²) in [5.41, 5.74) is 0.763.